The number of aromatic nitrogens is 1. The number of carbonyl (C=O) groups is 1. The largest absolute Gasteiger partial charge is 0.384 e. The van der Waals surface area contributed by atoms with Gasteiger partial charge in [0.1, 0.15) is 5.76 Å². The third kappa shape index (κ3) is 3.26. The molecule has 0 bridgehead atoms. The summed E-state index contributed by atoms with van der Waals surface area (Å²) in [7, 11) is 1.65. The van der Waals surface area contributed by atoms with Gasteiger partial charge in [0.15, 0.2) is 5.82 Å². The Morgan fingerprint density at radius 2 is 2.21 bits per heavy atom. The van der Waals surface area contributed by atoms with Gasteiger partial charge in [-0.05, 0) is 12.8 Å². The van der Waals surface area contributed by atoms with Crippen molar-refractivity contribution in [2.24, 2.45) is 0 Å². The average Bonchev–Trinajstić information content (AvgIpc) is 2.99. The van der Waals surface area contributed by atoms with Crippen LogP contribution in [-0.2, 0) is 10.2 Å². The number of rotatable bonds is 4. The number of nitrogens with one attached hydrogen (secondary N) is 1. The van der Waals surface area contributed by atoms with Gasteiger partial charge >= 0.3 is 6.03 Å². The summed E-state index contributed by atoms with van der Waals surface area (Å²) >= 11 is 0. The fourth-order valence-corrected chi connectivity index (χ4v) is 2.19. The van der Waals surface area contributed by atoms with Crippen LogP contribution in [0.4, 0.5) is 10.6 Å². The predicted molar refractivity (Wildman–Crippen MR) is 71.2 cm³/mol. The number of anilines is 1. The first-order valence-electron chi connectivity index (χ1n) is 6.55. The minimum Gasteiger partial charge on any atom is -0.384 e. The van der Waals surface area contributed by atoms with Crippen LogP contribution < -0.4 is 5.32 Å². The third-order valence-corrected chi connectivity index (χ3v) is 3.31. The van der Waals surface area contributed by atoms with Gasteiger partial charge in [-0.15, -0.1) is 0 Å². The number of likely N-dealkylation sites (tertiary alicyclic amines) is 1. The maximum atomic E-state index is 11.9. The first-order valence-corrected chi connectivity index (χ1v) is 6.55. The molecular formula is C13H21N3O3. The normalized spacial score (nSPS) is 15.8. The van der Waals surface area contributed by atoms with Crippen molar-refractivity contribution in [2.45, 2.75) is 32.1 Å². The van der Waals surface area contributed by atoms with E-state index in [9.17, 15) is 4.79 Å². The Morgan fingerprint density at radius 1 is 1.53 bits per heavy atom. The van der Waals surface area contributed by atoms with Crippen LogP contribution >= 0.6 is 0 Å². The molecular weight excluding hydrogens is 246 g/mol. The minimum absolute atomic E-state index is 0.109. The lowest BCUT2D eigenvalue weighted by Crippen LogP contribution is -2.32. The highest BCUT2D eigenvalue weighted by Crippen LogP contribution is 2.25. The van der Waals surface area contributed by atoms with E-state index in [-0.39, 0.29) is 11.4 Å². The molecule has 1 aliphatic rings. The van der Waals surface area contributed by atoms with Gasteiger partial charge in [-0.3, -0.25) is 5.32 Å². The Labute approximate surface area is 113 Å². The van der Waals surface area contributed by atoms with Gasteiger partial charge in [-0.2, -0.15) is 0 Å². The molecule has 1 fully saturated rings. The van der Waals surface area contributed by atoms with Gasteiger partial charge in [0, 0.05) is 31.7 Å². The van der Waals surface area contributed by atoms with E-state index in [2.05, 4.69) is 10.5 Å². The van der Waals surface area contributed by atoms with Crippen LogP contribution in [0.5, 0.6) is 0 Å². The van der Waals surface area contributed by atoms with Crippen LogP contribution in [-0.4, -0.2) is 42.9 Å². The van der Waals surface area contributed by atoms with Gasteiger partial charge in [0.2, 0.25) is 0 Å². The Morgan fingerprint density at radius 3 is 2.84 bits per heavy atom. The van der Waals surface area contributed by atoms with Crippen molar-refractivity contribution in [3.05, 3.63) is 11.8 Å². The number of nitrogens with zero attached hydrogens (tertiary/aromatic N) is 2. The van der Waals surface area contributed by atoms with Crippen LogP contribution in [0.2, 0.25) is 0 Å². The maximum Gasteiger partial charge on any atom is 0.323 e. The number of urea groups is 1. The SMILES string of the molecule is COCC(C)(C)c1cc(NC(=O)N2CCCC2)no1. The standard InChI is InChI=1S/C13H21N3O3/c1-13(2,9-18-3)10-8-11(15-19-10)14-12(17)16-6-4-5-7-16/h8H,4-7,9H2,1-3H3,(H,14,15,17). The summed E-state index contributed by atoms with van der Waals surface area (Å²) in [6.07, 6.45) is 2.14. The summed E-state index contributed by atoms with van der Waals surface area (Å²) in [4.78, 5) is 13.7. The van der Waals surface area contributed by atoms with Crippen LogP contribution in [0, 0.1) is 0 Å². The number of amides is 2. The molecule has 2 heterocycles. The van der Waals surface area contributed by atoms with Crippen molar-refractivity contribution in [1.29, 1.82) is 0 Å². The summed E-state index contributed by atoms with van der Waals surface area (Å²) in [5, 5.41) is 6.65. The number of carbonyl (C=O) groups excluding carboxylic acids is 1. The van der Waals surface area contributed by atoms with Crippen molar-refractivity contribution in [1.82, 2.24) is 10.1 Å². The van der Waals surface area contributed by atoms with Crippen LogP contribution in [0.1, 0.15) is 32.4 Å². The number of methoxy groups -OCH3 is 1. The predicted octanol–water partition coefficient (Wildman–Crippen LogP) is 2.23. The third-order valence-electron chi connectivity index (χ3n) is 3.31. The van der Waals surface area contributed by atoms with E-state index < -0.39 is 0 Å². The lowest BCUT2D eigenvalue weighted by atomic mass is 9.91. The molecule has 0 atom stereocenters. The van der Waals surface area contributed by atoms with E-state index in [0.29, 0.717) is 18.2 Å². The smallest absolute Gasteiger partial charge is 0.323 e. The average molecular weight is 267 g/mol. The van der Waals surface area contributed by atoms with Crippen molar-refractivity contribution in [2.75, 3.05) is 32.1 Å². The van der Waals surface area contributed by atoms with Crippen molar-refractivity contribution in [3.63, 3.8) is 0 Å². The van der Waals surface area contributed by atoms with Crippen molar-refractivity contribution >= 4 is 11.8 Å². The van der Waals surface area contributed by atoms with E-state index in [4.69, 9.17) is 9.26 Å². The van der Waals surface area contributed by atoms with Gasteiger partial charge in [0.25, 0.3) is 0 Å². The molecule has 1 aromatic heterocycles. The second kappa shape index (κ2) is 5.61. The highest BCUT2D eigenvalue weighted by molar-refractivity contribution is 5.88. The minimum atomic E-state index is -0.266. The number of hydrogen-bond acceptors (Lipinski definition) is 4. The summed E-state index contributed by atoms with van der Waals surface area (Å²) in [6, 6.07) is 1.65. The second-order valence-corrected chi connectivity index (χ2v) is 5.52. The molecule has 0 unspecified atom stereocenters. The van der Waals surface area contributed by atoms with Gasteiger partial charge in [-0.25, -0.2) is 4.79 Å². The molecule has 2 rings (SSSR count). The second-order valence-electron chi connectivity index (χ2n) is 5.52. The Balaban J connectivity index is 1.99. The number of hydrogen-bond donors (Lipinski definition) is 1. The van der Waals surface area contributed by atoms with E-state index >= 15 is 0 Å². The first-order chi connectivity index (χ1) is 9.03. The first kappa shape index (κ1) is 13.9. The summed E-state index contributed by atoms with van der Waals surface area (Å²) in [5.41, 5.74) is -0.266. The quantitative estimate of drug-likeness (QED) is 0.908. The van der Waals surface area contributed by atoms with Gasteiger partial charge in [-0.1, -0.05) is 19.0 Å². The Hall–Kier alpha value is -1.56. The molecule has 1 N–H and O–H groups in total. The zero-order chi connectivity index (χ0) is 13.9. The zero-order valence-electron chi connectivity index (χ0n) is 11.7. The Bertz CT molecular complexity index is 436. The molecule has 0 saturated carbocycles. The lowest BCUT2D eigenvalue weighted by molar-refractivity contribution is 0.129. The summed E-state index contributed by atoms with van der Waals surface area (Å²) in [5.74, 6) is 1.15. The topological polar surface area (TPSA) is 67.6 Å². The van der Waals surface area contributed by atoms with Crippen LogP contribution in [0.25, 0.3) is 0 Å². The van der Waals surface area contributed by atoms with Crippen molar-refractivity contribution in [3.8, 4) is 0 Å². The molecule has 0 aromatic carbocycles. The highest BCUT2D eigenvalue weighted by Gasteiger charge is 2.26. The molecule has 2 amide bonds. The van der Waals surface area contributed by atoms with Crippen LogP contribution in [0.15, 0.2) is 10.6 Å². The van der Waals surface area contributed by atoms with E-state index in [0.717, 1.165) is 25.9 Å². The molecule has 0 radical (unpaired) electrons. The molecule has 1 saturated heterocycles. The monoisotopic (exact) mass is 267 g/mol. The van der Waals surface area contributed by atoms with E-state index in [1.807, 2.05) is 13.8 Å². The molecule has 6 heteroatoms. The molecule has 1 aromatic rings. The van der Waals surface area contributed by atoms with Crippen LogP contribution in [0.3, 0.4) is 0 Å². The zero-order valence-corrected chi connectivity index (χ0v) is 11.7. The fourth-order valence-electron chi connectivity index (χ4n) is 2.19. The molecule has 19 heavy (non-hydrogen) atoms. The summed E-state index contributed by atoms with van der Waals surface area (Å²) < 4.78 is 10.4. The fraction of sp³-hybridized carbons (Fsp3) is 0.692. The Kier molecular flexibility index (Phi) is 4.09. The van der Waals surface area contributed by atoms with E-state index in [1.165, 1.54) is 0 Å². The molecule has 6 nitrogen and oxygen atoms in total. The molecule has 0 aliphatic carbocycles. The van der Waals surface area contributed by atoms with E-state index in [1.54, 1.807) is 18.1 Å². The highest BCUT2D eigenvalue weighted by atomic mass is 16.5. The van der Waals surface area contributed by atoms with Gasteiger partial charge in [0.05, 0.1) is 6.61 Å². The van der Waals surface area contributed by atoms with Crippen molar-refractivity contribution < 1.29 is 14.1 Å². The maximum absolute atomic E-state index is 11.9. The summed E-state index contributed by atoms with van der Waals surface area (Å²) in [6.45, 7) is 6.16. The molecule has 106 valence electrons. The number of ether oxygens (including phenoxy) is 1. The molecule has 0 spiro atoms. The molecule has 1 aliphatic heterocycles. The van der Waals surface area contributed by atoms with Gasteiger partial charge < -0.3 is 14.2 Å². The lowest BCUT2D eigenvalue weighted by Gasteiger charge is -2.19.